The second-order valence-electron chi connectivity index (χ2n) is 9.21. The van der Waals surface area contributed by atoms with Crippen LogP contribution in [-0.2, 0) is 9.59 Å². The lowest BCUT2D eigenvalue weighted by Gasteiger charge is -2.43. The van der Waals surface area contributed by atoms with E-state index < -0.39 is 29.4 Å². The molecule has 2 aromatic rings. The molecule has 2 heterocycles. The molecule has 1 fully saturated rings. The summed E-state index contributed by atoms with van der Waals surface area (Å²) in [4.78, 5) is 41.2. The number of hydrogen-bond acceptors (Lipinski definition) is 5. The van der Waals surface area contributed by atoms with E-state index in [2.05, 4.69) is 50.1 Å². The van der Waals surface area contributed by atoms with E-state index in [1.54, 1.807) is 12.1 Å². The van der Waals surface area contributed by atoms with E-state index in [1.807, 2.05) is 12.1 Å². The summed E-state index contributed by atoms with van der Waals surface area (Å²) in [6.07, 6.45) is 4.95. The summed E-state index contributed by atoms with van der Waals surface area (Å²) in [7, 11) is 0. The maximum atomic E-state index is 13.8. The van der Waals surface area contributed by atoms with E-state index in [9.17, 15) is 18.8 Å². The Morgan fingerprint density at radius 2 is 1.91 bits per heavy atom. The van der Waals surface area contributed by atoms with Crippen LogP contribution in [0.5, 0.6) is 0 Å². The second-order valence-corrected chi connectivity index (χ2v) is 10.2. The van der Waals surface area contributed by atoms with Crippen molar-refractivity contribution >= 4 is 51.8 Å². The Morgan fingerprint density at radius 1 is 1.17 bits per heavy atom. The average molecular weight is 494 g/mol. The van der Waals surface area contributed by atoms with Crippen LogP contribution in [-0.4, -0.2) is 40.6 Å². The van der Waals surface area contributed by atoms with Gasteiger partial charge in [-0.25, -0.2) is 4.39 Å². The van der Waals surface area contributed by atoms with Crippen LogP contribution in [0.3, 0.4) is 0 Å². The van der Waals surface area contributed by atoms with Gasteiger partial charge in [-0.05, 0) is 80.4 Å². The molecule has 3 amide bonds. The molecular formula is C27H28FN3O3S. The summed E-state index contributed by atoms with van der Waals surface area (Å²) in [5.41, 5.74) is 4.10. The molecule has 8 heteroatoms. The highest BCUT2D eigenvalue weighted by Gasteiger charge is 2.36. The number of imide groups is 1. The first-order valence-electron chi connectivity index (χ1n) is 11.5. The van der Waals surface area contributed by atoms with Crippen molar-refractivity contribution < 1.29 is 18.8 Å². The van der Waals surface area contributed by atoms with Gasteiger partial charge in [-0.1, -0.05) is 31.2 Å². The minimum Gasteiger partial charge on any atom is -0.362 e. The fraction of sp³-hybridized carbons (Fsp3) is 0.296. The smallest absolute Gasteiger partial charge is 0.294 e. The molecule has 2 aliphatic rings. The fourth-order valence-corrected chi connectivity index (χ4v) is 5.34. The lowest BCUT2D eigenvalue weighted by molar-refractivity contribution is -0.127. The SMILES string of the molecule is CCCN1c2ccc(/C=C3/SC(=O)N(CC(=O)Nc4ccccc4F)C3=O)cc2C(C)=CC1(C)C. The van der Waals surface area contributed by atoms with Crippen molar-refractivity contribution in [2.24, 2.45) is 0 Å². The molecule has 1 N–H and O–H groups in total. The molecule has 0 radical (unpaired) electrons. The standard InChI is InChI=1S/C27H28FN3O3S/c1-5-12-31-22-11-10-18(13-19(22)17(2)15-27(31,3)4)14-23-25(33)30(26(34)35-23)16-24(32)29-21-9-7-6-8-20(21)28/h6-11,13-15H,5,12,16H2,1-4H3,(H,29,32)/b23-14+. The summed E-state index contributed by atoms with van der Waals surface area (Å²) < 4.78 is 13.8. The van der Waals surface area contributed by atoms with Gasteiger partial charge in [-0.2, -0.15) is 0 Å². The Hall–Kier alpha value is -3.39. The first kappa shape index (κ1) is 24.7. The zero-order valence-electron chi connectivity index (χ0n) is 20.2. The summed E-state index contributed by atoms with van der Waals surface area (Å²) in [5.74, 6) is -1.78. The van der Waals surface area contributed by atoms with Crippen LogP contribution in [0.15, 0.2) is 53.4 Å². The lowest BCUT2D eigenvalue weighted by atomic mass is 9.88. The van der Waals surface area contributed by atoms with Gasteiger partial charge in [-0.3, -0.25) is 19.3 Å². The third-order valence-corrected chi connectivity index (χ3v) is 6.98. The van der Waals surface area contributed by atoms with Crippen molar-refractivity contribution in [1.82, 2.24) is 4.90 Å². The monoisotopic (exact) mass is 493 g/mol. The highest BCUT2D eigenvalue weighted by molar-refractivity contribution is 8.18. The number of amides is 3. The minimum atomic E-state index is -0.646. The Kier molecular flexibility index (Phi) is 6.85. The number of para-hydroxylation sites is 1. The van der Waals surface area contributed by atoms with Gasteiger partial charge in [0.15, 0.2) is 0 Å². The first-order valence-corrected chi connectivity index (χ1v) is 12.3. The van der Waals surface area contributed by atoms with Gasteiger partial charge >= 0.3 is 0 Å². The van der Waals surface area contributed by atoms with Crippen LogP contribution in [0.1, 0.15) is 45.2 Å². The Labute approximate surface area is 208 Å². The van der Waals surface area contributed by atoms with Gasteiger partial charge in [0.1, 0.15) is 12.4 Å². The molecule has 0 unspecified atom stereocenters. The molecule has 0 aliphatic carbocycles. The lowest BCUT2D eigenvalue weighted by Crippen LogP contribution is -2.45. The highest BCUT2D eigenvalue weighted by Crippen LogP contribution is 2.40. The molecule has 0 aromatic heterocycles. The van der Waals surface area contributed by atoms with Gasteiger partial charge in [-0.15, -0.1) is 0 Å². The Balaban J connectivity index is 1.53. The summed E-state index contributed by atoms with van der Waals surface area (Å²) >= 11 is 0.794. The number of allylic oxidation sites excluding steroid dienone is 1. The number of hydrogen-bond donors (Lipinski definition) is 1. The van der Waals surface area contributed by atoms with Crippen molar-refractivity contribution in [2.45, 2.75) is 39.7 Å². The number of nitrogens with one attached hydrogen (secondary N) is 1. The minimum absolute atomic E-state index is 0.00204. The van der Waals surface area contributed by atoms with Gasteiger partial charge in [0.2, 0.25) is 5.91 Å². The van der Waals surface area contributed by atoms with E-state index in [0.29, 0.717) is 0 Å². The predicted octanol–water partition coefficient (Wildman–Crippen LogP) is 5.91. The number of thioether (sulfide) groups is 1. The summed E-state index contributed by atoms with van der Waals surface area (Å²) in [6, 6.07) is 11.7. The van der Waals surface area contributed by atoms with E-state index in [-0.39, 0.29) is 16.1 Å². The van der Waals surface area contributed by atoms with E-state index >= 15 is 0 Å². The third-order valence-electron chi connectivity index (χ3n) is 6.07. The first-order chi connectivity index (χ1) is 16.6. The zero-order chi connectivity index (χ0) is 25.3. The normalized spacial score (nSPS) is 18.1. The van der Waals surface area contributed by atoms with Crippen molar-refractivity contribution in [3.05, 3.63) is 70.4 Å². The zero-order valence-corrected chi connectivity index (χ0v) is 21.0. The molecule has 182 valence electrons. The van der Waals surface area contributed by atoms with Gasteiger partial charge < -0.3 is 10.2 Å². The maximum Gasteiger partial charge on any atom is 0.294 e. The number of benzene rings is 2. The van der Waals surface area contributed by atoms with Crippen LogP contribution in [0.25, 0.3) is 11.6 Å². The Morgan fingerprint density at radius 3 is 2.63 bits per heavy atom. The average Bonchev–Trinajstić information content (AvgIpc) is 3.05. The number of halogens is 1. The van der Waals surface area contributed by atoms with Gasteiger partial charge in [0, 0.05) is 17.8 Å². The van der Waals surface area contributed by atoms with Crippen LogP contribution < -0.4 is 10.2 Å². The highest BCUT2D eigenvalue weighted by atomic mass is 32.2. The molecule has 1 saturated heterocycles. The van der Waals surface area contributed by atoms with Crippen LogP contribution >= 0.6 is 11.8 Å². The van der Waals surface area contributed by atoms with Gasteiger partial charge in [0.05, 0.1) is 16.1 Å². The number of anilines is 2. The summed E-state index contributed by atoms with van der Waals surface area (Å²) in [5, 5.41) is 1.87. The maximum absolute atomic E-state index is 13.8. The summed E-state index contributed by atoms with van der Waals surface area (Å²) in [6.45, 7) is 9.07. The van der Waals surface area contributed by atoms with Crippen molar-refractivity contribution in [3.8, 4) is 0 Å². The molecule has 4 rings (SSSR count). The van der Waals surface area contributed by atoms with Crippen molar-refractivity contribution in [1.29, 1.82) is 0 Å². The molecule has 0 bridgehead atoms. The van der Waals surface area contributed by atoms with Crippen molar-refractivity contribution in [2.75, 3.05) is 23.3 Å². The molecular weight excluding hydrogens is 465 g/mol. The van der Waals surface area contributed by atoms with E-state index in [4.69, 9.17) is 0 Å². The fourth-order valence-electron chi connectivity index (χ4n) is 4.51. The Bertz CT molecular complexity index is 1270. The number of rotatable bonds is 6. The van der Waals surface area contributed by atoms with Crippen molar-refractivity contribution in [3.63, 3.8) is 0 Å². The molecule has 0 atom stereocenters. The molecule has 0 spiro atoms. The second kappa shape index (κ2) is 9.70. The third kappa shape index (κ3) is 5.03. The number of carbonyl (C=O) groups is 3. The number of carbonyl (C=O) groups excluding carboxylic acids is 3. The van der Waals surface area contributed by atoms with E-state index in [0.717, 1.165) is 52.0 Å². The molecule has 6 nitrogen and oxygen atoms in total. The largest absolute Gasteiger partial charge is 0.362 e. The predicted molar refractivity (Wildman–Crippen MR) is 140 cm³/mol. The number of nitrogens with zero attached hydrogens (tertiary/aromatic N) is 2. The van der Waals surface area contributed by atoms with E-state index in [1.165, 1.54) is 18.2 Å². The molecule has 2 aromatic carbocycles. The molecule has 35 heavy (non-hydrogen) atoms. The molecule has 0 saturated carbocycles. The molecule has 2 aliphatic heterocycles. The number of fused-ring (bicyclic) bond motifs is 1. The van der Waals surface area contributed by atoms with Crippen LogP contribution in [0, 0.1) is 5.82 Å². The van der Waals surface area contributed by atoms with Gasteiger partial charge in [0.25, 0.3) is 11.1 Å². The quantitative estimate of drug-likeness (QED) is 0.507. The topological polar surface area (TPSA) is 69.7 Å². The van der Waals surface area contributed by atoms with Crippen LogP contribution in [0.2, 0.25) is 0 Å². The van der Waals surface area contributed by atoms with Crippen LogP contribution in [0.4, 0.5) is 20.6 Å².